The highest BCUT2D eigenvalue weighted by Crippen LogP contribution is 2.39. The Labute approximate surface area is 160 Å². The molecule has 146 valence electrons. The lowest BCUT2D eigenvalue weighted by atomic mass is 10.1. The number of benzene rings is 2. The fourth-order valence-electron chi connectivity index (χ4n) is 2.60. The molecule has 0 aliphatic carbocycles. The van der Waals surface area contributed by atoms with Crippen LogP contribution in [0.3, 0.4) is 0 Å². The Bertz CT molecular complexity index is 707. The van der Waals surface area contributed by atoms with Crippen LogP contribution in [0.4, 0.5) is 0 Å². The SMILES string of the molecule is COc1cc(CNCC(=O)NC(C)C)cc(OC)c1OCc1ccccc1. The largest absolute Gasteiger partial charge is 0.493 e. The smallest absolute Gasteiger partial charge is 0.234 e. The van der Waals surface area contributed by atoms with E-state index in [1.807, 2.05) is 56.3 Å². The maximum Gasteiger partial charge on any atom is 0.234 e. The van der Waals surface area contributed by atoms with Crippen molar-refractivity contribution in [3.63, 3.8) is 0 Å². The molecule has 0 aromatic heterocycles. The van der Waals surface area contributed by atoms with Crippen LogP contribution in [0, 0.1) is 0 Å². The number of ether oxygens (including phenoxy) is 3. The van der Waals surface area contributed by atoms with E-state index in [2.05, 4.69) is 10.6 Å². The Kier molecular flexibility index (Phi) is 7.95. The topological polar surface area (TPSA) is 68.8 Å². The average Bonchev–Trinajstić information content (AvgIpc) is 2.66. The lowest BCUT2D eigenvalue weighted by molar-refractivity contribution is -0.120. The van der Waals surface area contributed by atoms with Crippen LogP contribution in [0.25, 0.3) is 0 Å². The Morgan fingerprint density at radius 1 is 1.00 bits per heavy atom. The number of carbonyl (C=O) groups is 1. The molecular weight excluding hydrogens is 344 g/mol. The Balaban J connectivity index is 2.05. The van der Waals surface area contributed by atoms with Crippen LogP contribution in [0.15, 0.2) is 42.5 Å². The van der Waals surface area contributed by atoms with E-state index in [1.165, 1.54) is 0 Å². The zero-order valence-electron chi connectivity index (χ0n) is 16.4. The van der Waals surface area contributed by atoms with Crippen molar-refractivity contribution in [3.8, 4) is 17.2 Å². The van der Waals surface area contributed by atoms with E-state index < -0.39 is 0 Å². The van der Waals surface area contributed by atoms with E-state index in [-0.39, 0.29) is 18.5 Å². The zero-order chi connectivity index (χ0) is 19.6. The van der Waals surface area contributed by atoms with Gasteiger partial charge in [-0.1, -0.05) is 30.3 Å². The van der Waals surface area contributed by atoms with E-state index in [4.69, 9.17) is 14.2 Å². The molecule has 6 nitrogen and oxygen atoms in total. The van der Waals surface area contributed by atoms with Gasteiger partial charge in [-0.3, -0.25) is 4.79 Å². The van der Waals surface area contributed by atoms with Gasteiger partial charge in [0.1, 0.15) is 6.61 Å². The third-order valence-corrected chi connectivity index (χ3v) is 3.81. The Hall–Kier alpha value is -2.73. The lowest BCUT2D eigenvalue weighted by Gasteiger charge is -2.16. The summed E-state index contributed by atoms with van der Waals surface area (Å²) in [4.78, 5) is 11.7. The number of amides is 1. The number of nitrogens with one attached hydrogen (secondary N) is 2. The maximum absolute atomic E-state index is 11.7. The molecule has 0 saturated heterocycles. The first-order chi connectivity index (χ1) is 13.0. The fraction of sp³-hybridized carbons (Fsp3) is 0.381. The molecule has 0 atom stereocenters. The minimum Gasteiger partial charge on any atom is -0.493 e. The Morgan fingerprint density at radius 2 is 1.63 bits per heavy atom. The summed E-state index contributed by atoms with van der Waals surface area (Å²) >= 11 is 0. The van der Waals surface area contributed by atoms with Crippen LogP contribution in [0.5, 0.6) is 17.2 Å². The van der Waals surface area contributed by atoms with Crippen molar-refractivity contribution in [2.24, 2.45) is 0 Å². The van der Waals surface area contributed by atoms with E-state index >= 15 is 0 Å². The molecule has 0 heterocycles. The number of hydrogen-bond donors (Lipinski definition) is 2. The summed E-state index contributed by atoms with van der Waals surface area (Å²) in [7, 11) is 3.19. The Morgan fingerprint density at radius 3 is 2.19 bits per heavy atom. The molecule has 2 rings (SSSR count). The molecule has 27 heavy (non-hydrogen) atoms. The molecular formula is C21H28N2O4. The van der Waals surface area contributed by atoms with Crippen LogP contribution in [-0.2, 0) is 17.9 Å². The molecule has 1 amide bonds. The number of hydrogen-bond acceptors (Lipinski definition) is 5. The van der Waals surface area contributed by atoms with Gasteiger partial charge in [-0.15, -0.1) is 0 Å². The van der Waals surface area contributed by atoms with Crippen LogP contribution in [-0.4, -0.2) is 32.7 Å². The van der Waals surface area contributed by atoms with E-state index in [0.29, 0.717) is 30.4 Å². The monoisotopic (exact) mass is 372 g/mol. The molecule has 0 unspecified atom stereocenters. The van der Waals surface area contributed by atoms with Gasteiger partial charge < -0.3 is 24.8 Å². The summed E-state index contributed by atoms with van der Waals surface area (Å²) in [5, 5.41) is 5.97. The fourth-order valence-corrected chi connectivity index (χ4v) is 2.60. The molecule has 2 aromatic carbocycles. The highest BCUT2D eigenvalue weighted by molar-refractivity contribution is 5.78. The quantitative estimate of drug-likeness (QED) is 0.671. The summed E-state index contributed by atoms with van der Waals surface area (Å²) in [6.07, 6.45) is 0. The minimum atomic E-state index is -0.0354. The average molecular weight is 372 g/mol. The van der Waals surface area contributed by atoms with Crippen molar-refractivity contribution >= 4 is 5.91 Å². The minimum absolute atomic E-state index is 0.0354. The number of rotatable bonds is 10. The third kappa shape index (κ3) is 6.49. The molecule has 0 spiro atoms. The molecule has 2 N–H and O–H groups in total. The summed E-state index contributed by atoms with van der Waals surface area (Å²) in [5.74, 6) is 1.71. The summed E-state index contributed by atoms with van der Waals surface area (Å²) in [5.41, 5.74) is 2.00. The van der Waals surface area contributed by atoms with Crippen LogP contribution in [0.2, 0.25) is 0 Å². The standard InChI is InChI=1S/C21H28N2O4/c1-15(2)23-20(24)13-22-12-17-10-18(25-3)21(19(11-17)26-4)27-14-16-8-6-5-7-9-16/h5-11,15,22H,12-14H2,1-4H3,(H,23,24). The molecule has 0 radical (unpaired) electrons. The van der Waals surface area contributed by atoms with Crippen molar-refractivity contribution in [3.05, 3.63) is 53.6 Å². The van der Waals surface area contributed by atoms with E-state index in [9.17, 15) is 4.79 Å². The van der Waals surface area contributed by atoms with Crippen LogP contribution < -0.4 is 24.8 Å². The van der Waals surface area contributed by atoms with E-state index in [1.54, 1.807) is 14.2 Å². The zero-order valence-corrected chi connectivity index (χ0v) is 16.4. The van der Waals surface area contributed by atoms with Gasteiger partial charge in [0.2, 0.25) is 11.7 Å². The number of methoxy groups -OCH3 is 2. The van der Waals surface area contributed by atoms with Crippen molar-refractivity contribution in [1.29, 1.82) is 0 Å². The molecule has 2 aromatic rings. The van der Waals surface area contributed by atoms with Gasteiger partial charge in [0.15, 0.2) is 11.5 Å². The molecule has 6 heteroatoms. The van der Waals surface area contributed by atoms with Crippen LogP contribution >= 0.6 is 0 Å². The highest BCUT2D eigenvalue weighted by atomic mass is 16.5. The first kappa shape index (κ1) is 20.6. The molecule has 0 fully saturated rings. The molecule has 0 aliphatic heterocycles. The van der Waals surface area contributed by atoms with Gasteiger partial charge in [0.05, 0.1) is 20.8 Å². The molecule has 0 bridgehead atoms. The van der Waals surface area contributed by atoms with Gasteiger partial charge in [-0.25, -0.2) is 0 Å². The van der Waals surface area contributed by atoms with Gasteiger partial charge in [-0.2, -0.15) is 0 Å². The van der Waals surface area contributed by atoms with Gasteiger partial charge in [0.25, 0.3) is 0 Å². The normalized spacial score (nSPS) is 10.6. The first-order valence-electron chi connectivity index (χ1n) is 8.95. The maximum atomic E-state index is 11.7. The summed E-state index contributed by atoms with van der Waals surface area (Å²) in [6, 6.07) is 13.8. The second kappa shape index (κ2) is 10.4. The number of carbonyl (C=O) groups excluding carboxylic acids is 1. The highest BCUT2D eigenvalue weighted by Gasteiger charge is 2.15. The predicted molar refractivity (Wildman–Crippen MR) is 105 cm³/mol. The summed E-state index contributed by atoms with van der Waals surface area (Å²) < 4.78 is 16.9. The predicted octanol–water partition coefficient (Wildman–Crippen LogP) is 2.90. The van der Waals surface area contributed by atoms with E-state index in [0.717, 1.165) is 11.1 Å². The second-order valence-electron chi connectivity index (χ2n) is 6.43. The summed E-state index contributed by atoms with van der Waals surface area (Å²) in [6.45, 7) is 5.04. The second-order valence-corrected chi connectivity index (χ2v) is 6.43. The molecule has 0 aliphatic rings. The third-order valence-electron chi connectivity index (χ3n) is 3.81. The molecule has 0 saturated carbocycles. The van der Waals surface area contributed by atoms with Crippen molar-refractivity contribution in [2.45, 2.75) is 33.0 Å². The van der Waals surface area contributed by atoms with Crippen LogP contribution in [0.1, 0.15) is 25.0 Å². The van der Waals surface area contributed by atoms with Crippen molar-refractivity contribution < 1.29 is 19.0 Å². The van der Waals surface area contributed by atoms with Gasteiger partial charge in [0, 0.05) is 12.6 Å². The van der Waals surface area contributed by atoms with Crippen molar-refractivity contribution in [2.75, 3.05) is 20.8 Å². The van der Waals surface area contributed by atoms with Crippen molar-refractivity contribution in [1.82, 2.24) is 10.6 Å². The lowest BCUT2D eigenvalue weighted by Crippen LogP contribution is -2.37. The first-order valence-corrected chi connectivity index (χ1v) is 8.95. The van der Waals surface area contributed by atoms with Gasteiger partial charge in [-0.05, 0) is 37.1 Å². The van der Waals surface area contributed by atoms with Gasteiger partial charge >= 0.3 is 0 Å².